The van der Waals surface area contributed by atoms with E-state index in [-0.39, 0.29) is 0 Å². The van der Waals surface area contributed by atoms with Crippen LogP contribution in [0, 0.1) is 0 Å². The van der Waals surface area contributed by atoms with Crippen molar-refractivity contribution in [1.29, 1.82) is 0 Å². The Labute approximate surface area is 111 Å². The highest BCUT2D eigenvalue weighted by molar-refractivity contribution is 7.14. The molecule has 2 aromatic heterocycles. The molecule has 6 heteroatoms. The molecule has 3 nitrogen and oxygen atoms in total. The number of benzene rings is 1. The largest absolute Gasteiger partial charge is 0.233 e. The lowest BCUT2D eigenvalue weighted by Crippen LogP contribution is -1.82. The van der Waals surface area contributed by atoms with E-state index in [0.29, 0.717) is 10.2 Å². The molecule has 3 rings (SSSR count). The van der Waals surface area contributed by atoms with Gasteiger partial charge >= 0.3 is 0 Å². The average molecular weight is 282 g/mol. The molecule has 0 aliphatic heterocycles. The SMILES string of the molecule is Clc1ccc(-c2nsc3c(Cl)ncnc23)cc1. The summed E-state index contributed by atoms with van der Waals surface area (Å²) in [7, 11) is 0. The van der Waals surface area contributed by atoms with Crippen LogP contribution in [0.3, 0.4) is 0 Å². The summed E-state index contributed by atoms with van der Waals surface area (Å²) in [6, 6.07) is 7.47. The van der Waals surface area contributed by atoms with Crippen molar-refractivity contribution in [2.24, 2.45) is 0 Å². The quantitative estimate of drug-likeness (QED) is 0.632. The molecule has 1 aromatic carbocycles. The minimum atomic E-state index is 0.438. The minimum absolute atomic E-state index is 0.438. The average Bonchev–Trinajstić information content (AvgIpc) is 2.75. The molecular weight excluding hydrogens is 277 g/mol. The van der Waals surface area contributed by atoms with E-state index in [2.05, 4.69) is 14.3 Å². The maximum Gasteiger partial charge on any atom is 0.151 e. The summed E-state index contributed by atoms with van der Waals surface area (Å²) in [5, 5.41) is 1.13. The predicted octanol–water partition coefficient (Wildman–Crippen LogP) is 4.06. The number of hydrogen-bond donors (Lipinski definition) is 0. The topological polar surface area (TPSA) is 38.7 Å². The van der Waals surface area contributed by atoms with Gasteiger partial charge in [0, 0.05) is 10.6 Å². The van der Waals surface area contributed by atoms with Gasteiger partial charge in [-0.15, -0.1) is 0 Å². The number of aromatic nitrogens is 3. The molecule has 0 radical (unpaired) electrons. The molecule has 0 saturated carbocycles. The molecule has 17 heavy (non-hydrogen) atoms. The molecule has 0 bridgehead atoms. The van der Waals surface area contributed by atoms with E-state index >= 15 is 0 Å². The summed E-state index contributed by atoms with van der Waals surface area (Å²) >= 11 is 13.1. The number of halogens is 2. The van der Waals surface area contributed by atoms with Crippen molar-refractivity contribution in [2.75, 3.05) is 0 Å². The molecule has 0 saturated heterocycles. The zero-order valence-corrected chi connectivity index (χ0v) is 10.7. The molecule has 0 spiro atoms. The summed E-state index contributed by atoms with van der Waals surface area (Å²) < 4.78 is 5.17. The van der Waals surface area contributed by atoms with E-state index in [1.807, 2.05) is 24.3 Å². The summed E-state index contributed by atoms with van der Waals surface area (Å²) in [4.78, 5) is 8.15. The van der Waals surface area contributed by atoms with Crippen LogP contribution in [0.5, 0.6) is 0 Å². The van der Waals surface area contributed by atoms with Gasteiger partial charge in [0.1, 0.15) is 22.2 Å². The van der Waals surface area contributed by atoms with Crippen LogP contribution in [0.1, 0.15) is 0 Å². The van der Waals surface area contributed by atoms with Crippen LogP contribution in [-0.4, -0.2) is 14.3 Å². The summed E-state index contributed by atoms with van der Waals surface area (Å²) in [6.07, 6.45) is 1.44. The van der Waals surface area contributed by atoms with Gasteiger partial charge in [0.25, 0.3) is 0 Å². The Morgan fingerprint density at radius 2 is 1.76 bits per heavy atom. The van der Waals surface area contributed by atoms with Crippen LogP contribution in [-0.2, 0) is 0 Å². The van der Waals surface area contributed by atoms with Crippen molar-refractivity contribution in [3.63, 3.8) is 0 Å². The van der Waals surface area contributed by atoms with Gasteiger partial charge in [0.05, 0.1) is 0 Å². The van der Waals surface area contributed by atoms with Crippen LogP contribution in [0.2, 0.25) is 10.2 Å². The Kier molecular flexibility index (Phi) is 2.70. The van der Waals surface area contributed by atoms with Crippen LogP contribution in [0.25, 0.3) is 21.5 Å². The van der Waals surface area contributed by atoms with Crippen LogP contribution >= 0.6 is 34.7 Å². The van der Waals surface area contributed by atoms with E-state index in [0.717, 1.165) is 21.5 Å². The fraction of sp³-hybridized carbons (Fsp3) is 0. The van der Waals surface area contributed by atoms with Crippen molar-refractivity contribution in [3.05, 3.63) is 40.8 Å². The third-order valence-electron chi connectivity index (χ3n) is 2.33. The van der Waals surface area contributed by atoms with Gasteiger partial charge in [-0.1, -0.05) is 35.3 Å². The Morgan fingerprint density at radius 3 is 2.53 bits per heavy atom. The van der Waals surface area contributed by atoms with Gasteiger partial charge in [-0.2, -0.15) is 4.37 Å². The molecule has 3 aromatic rings. The van der Waals surface area contributed by atoms with E-state index in [4.69, 9.17) is 23.2 Å². The first-order valence-electron chi connectivity index (χ1n) is 4.77. The zero-order valence-electron chi connectivity index (χ0n) is 8.39. The first kappa shape index (κ1) is 10.9. The monoisotopic (exact) mass is 281 g/mol. The summed E-state index contributed by atoms with van der Waals surface area (Å²) in [6.45, 7) is 0. The van der Waals surface area contributed by atoms with Crippen molar-refractivity contribution >= 4 is 45.0 Å². The highest BCUT2D eigenvalue weighted by Gasteiger charge is 2.12. The number of hydrogen-bond acceptors (Lipinski definition) is 4. The molecule has 2 heterocycles. The molecule has 0 unspecified atom stereocenters. The smallest absolute Gasteiger partial charge is 0.151 e. The van der Waals surface area contributed by atoms with Gasteiger partial charge in [-0.3, -0.25) is 0 Å². The molecule has 0 aliphatic rings. The third-order valence-corrected chi connectivity index (χ3v) is 3.82. The van der Waals surface area contributed by atoms with Gasteiger partial charge in [0.15, 0.2) is 5.15 Å². The zero-order chi connectivity index (χ0) is 11.8. The van der Waals surface area contributed by atoms with E-state index in [1.54, 1.807) is 0 Å². The second-order valence-corrected chi connectivity index (χ2v) is 4.95. The van der Waals surface area contributed by atoms with Crippen LogP contribution < -0.4 is 0 Å². The first-order valence-corrected chi connectivity index (χ1v) is 6.30. The van der Waals surface area contributed by atoms with Crippen molar-refractivity contribution < 1.29 is 0 Å². The van der Waals surface area contributed by atoms with Gasteiger partial charge in [-0.05, 0) is 23.7 Å². The van der Waals surface area contributed by atoms with E-state index < -0.39 is 0 Å². The lowest BCUT2D eigenvalue weighted by Gasteiger charge is -1.97. The van der Waals surface area contributed by atoms with Crippen LogP contribution in [0.4, 0.5) is 0 Å². The maximum absolute atomic E-state index is 5.98. The molecule has 0 aliphatic carbocycles. The first-order chi connectivity index (χ1) is 8.25. The molecule has 0 N–H and O–H groups in total. The number of rotatable bonds is 1. The highest BCUT2D eigenvalue weighted by atomic mass is 35.5. The van der Waals surface area contributed by atoms with Crippen LogP contribution in [0.15, 0.2) is 30.6 Å². The Morgan fingerprint density at radius 1 is 1.00 bits per heavy atom. The molecule has 0 amide bonds. The second kappa shape index (κ2) is 4.22. The van der Waals surface area contributed by atoms with E-state index in [1.165, 1.54) is 17.9 Å². The standard InChI is InChI=1S/C11H5Cl2N3S/c12-7-3-1-6(2-4-7)8-9-10(17-16-8)11(13)15-5-14-9/h1-5H. The number of nitrogens with zero attached hydrogens (tertiary/aromatic N) is 3. The van der Waals surface area contributed by atoms with Gasteiger partial charge in [0.2, 0.25) is 0 Å². The van der Waals surface area contributed by atoms with Gasteiger partial charge in [-0.25, -0.2) is 9.97 Å². The van der Waals surface area contributed by atoms with Gasteiger partial charge < -0.3 is 0 Å². The lowest BCUT2D eigenvalue weighted by atomic mass is 10.1. The highest BCUT2D eigenvalue weighted by Crippen LogP contribution is 2.32. The lowest BCUT2D eigenvalue weighted by molar-refractivity contribution is 1.23. The second-order valence-electron chi connectivity index (χ2n) is 3.38. The molecular formula is C11H5Cl2N3S. The molecule has 0 fully saturated rings. The Bertz CT molecular complexity index is 679. The molecule has 84 valence electrons. The number of fused-ring (bicyclic) bond motifs is 1. The fourth-order valence-corrected chi connectivity index (χ4v) is 2.63. The minimum Gasteiger partial charge on any atom is -0.233 e. The normalized spacial score (nSPS) is 10.9. The van der Waals surface area contributed by atoms with Crippen molar-refractivity contribution in [2.45, 2.75) is 0 Å². The summed E-state index contributed by atoms with van der Waals surface area (Å²) in [5.41, 5.74) is 2.55. The molecule has 0 atom stereocenters. The predicted molar refractivity (Wildman–Crippen MR) is 70.7 cm³/mol. The third kappa shape index (κ3) is 1.88. The van der Waals surface area contributed by atoms with Crippen molar-refractivity contribution in [1.82, 2.24) is 14.3 Å². The van der Waals surface area contributed by atoms with E-state index in [9.17, 15) is 0 Å². The summed E-state index contributed by atoms with van der Waals surface area (Å²) in [5.74, 6) is 0. The Hall–Kier alpha value is -1.23. The fourth-order valence-electron chi connectivity index (χ4n) is 1.53. The van der Waals surface area contributed by atoms with Crippen molar-refractivity contribution in [3.8, 4) is 11.3 Å². The Balaban J connectivity index is 2.24. The maximum atomic E-state index is 5.98.